The van der Waals surface area contributed by atoms with Crippen LogP contribution in [0.3, 0.4) is 0 Å². The Kier molecular flexibility index (Phi) is 9.03. The molecule has 168 valence electrons. The summed E-state index contributed by atoms with van der Waals surface area (Å²) in [7, 11) is -4.02. The number of carbonyl (C=O) groups excluding carboxylic acids is 1. The first-order valence-corrected chi connectivity index (χ1v) is 11.8. The van der Waals surface area contributed by atoms with Gasteiger partial charge in [-0.2, -0.15) is 4.72 Å². The number of rotatable bonds is 11. The molecule has 2 aromatic carbocycles. The monoisotopic (exact) mass is 466 g/mol. The number of hydrogen-bond donors (Lipinski definition) is 3. The first kappa shape index (κ1) is 24.8. The van der Waals surface area contributed by atoms with E-state index in [2.05, 4.69) is 10.0 Å². The Morgan fingerprint density at radius 1 is 1.00 bits per heavy atom. The number of sulfonamides is 1. The lowest BCUT2D eigenvalue weighted by atomic mass is 10.1. The lowest BCUT2D eigenvalue weighted by Gasteiger charge is -2.15. The van der Waals surface area contributed by atoms with Gasteiger partial charge in [-0.25, -0.2) is 8.42 Å². The smallest absolute Gasteiger partial charge is 0.321 e. The van der Waals surface area contributed by atoms with Crippen LogP contribution in [0.4, 0.5) is 0 Å². The maximum Gasteiger partial charge on any atom is 0.321 e. The maximum atomic E-state index is 12.6. The number of halogens is 1. The van der Waals surface area contributed by atoms with Crippen molar-refractivity contribution in [3.63, 3.8) is 0 Å². The van der Waals surface area contributed by atoms with Gasteiger partial charge in [-0.05, 0) is 54.2 Å². The van der Waals surface area contributed by atoms with Gasteiger partial charge in [-0.1, -0.05) is 49.7 Å². The molecule has 3 N–H and O–H groups in total. The average Bonchev–Trinajstić information content (AvgIpc) is 2.70. The zero-order valence-electron chi connectivity index (χ0n) is 17.5. The highest BCUT2D eigenvalue weighted by Crippen LogP contribution is 2.23. The van der Waals surface area contributed by atoms with E-state index < -0.39 is 22.0 Å². The van der Waals surface area contributed by atoms with Gasteiger partial charge < -0.3 is 10.4 Å². The Bertz CT molecular complexity index is 990. The molecule has 0 radical (unpaired) electrons. The van der Waals surface area contributed by atoms with E-state index in [0.717, 1.165) is 11.1 Å². The fourth-order valence-corrected chi connectivity index (χ4v) is 4.28. The minimum atomic E-state index is -4.02. The van der Waals surface area contributed by atoms with Gasteiger partial charge in [0.2, 0.25) is 15.9 Å². The highest BCUT2D eigenvalue weighted by atomic mass is 35.5. The predicted molar refractivity (Wildman–Crippen MR) is 120 cm³/mol. The minimum absolute atomic E-state index is 0.0262. The van der Waals surface area contributed by atoms with Crippen LogP contribution in [0.5, 0.6) is 0 Å². The van der Waals surface area contributed by atoms with Crippen LogP contribution < -0.4 is 10.0 Å². The molecule has 9 heteroatoms. The third kappa shape index (κ3) is 7.97. The number of carboxylic acid groups (broad SMARTS) is 1. The zero-order valence-corrected chi connectivity index (χ0v) is 19.0. The van der Waals surface area contributed by atoms with Crippen LogP contribution in [0.25, 0.3) is 11.1 Å². The van der Waals surface area contributed by atoms with Crippen molar-refractivity contribution in [1.82, 2.24) is 10.0 Å². The van der Waals surface area contributed by atoms with Crippen LogP contribution >= 0.6 is 11.6 Å². The molecule has 31 heavy (non-hydrogen) atoms. The van der Waals surface area contributed by atoms with Gasteiger partial charge >= 0.3 is 5.97 Å². The molecule has 0 aliphatic heterocycles. The van der Waals surface area contributed by atoms with Gasteiger partial charge in [0, 0.05) is 18.0 Å². The van der Waals surface area contributed by atoms with E-state index in [1.807, 2.05) is 26.0 Å². The quantitative estimate of drug-likeness (QED) is 0.437. The maximum absolute atomic E-state index is 12.6. The number of nitrogens with one attached hydrogen (secondary N) is 2. The summed E-state index contributed by atoms with van der Waals surface area (Å²) in [5, 5.41) is 12.7. The van der Waals surface area contributed by atoms with Gasteiger partial charge in [-0.3, -0.25) is 9.59 Å². The Balaban J connectivity index is 1.98. The van der Waals surface area contributed by atoms with Gasteiger partial charge in [0.05, 0.1) is 4.90 Å². The highest BCUT2D eigenvalue weighted by Gasteiger charge is 2.25. The highest BCUT2D eigenvalue weighted by molar-refractivity contribution is 7.89. The van der Waals surface area contributed by atoms with Crippen molar-refractivity contribution in [2.24, 2.45) is 5.92 Å². The Labute approximate surface area is 187 Å². The molecule has 0 bridgehead atoms. The van der Waals surface area contributed by atoms with Crippen molar-refractivity contribution in [3.05, 3.63) is 53.6 Å². The number of amides is 1. The summed E-state index contributed by atoms with van der Waals surface area (Å²) in [5.41, 5.74) is 1.69. The minimum Gasteiger partial charge on any atom is -0.480 e. The van der Waals surface area contributed by atoms with Crippen molar-refractivity contribution < 1.29 is 23.1 Å². The summed E-state index contributed by atoms with van der Waals surface area (Å²) >= 11 is 5.88. The largest absolute Gasteiger partial charge is 0.480 e. The molecule has 0 spiro atoms. The van der Waals surface area contributed by atoms with E-state index in [0.29, 0.717) is 17.9 Å². The number of carboxylic acids is 1. The number of aliphatic carboxylic acids is 1. The van der Waals surface area contributed by atoms with Crippen molar-refractivity contribution >= 4 is 33.5 Å². The van der Waals surface area contributed by atoms with Crippen LogP contribution in [0, 0.1) is 5.92 Å². The predicted octanol–water partition coefficient (Wildman–Crippen LogP) is 3.68. The summed E-state index contributed by atoms with van der Waals surface area (Å²) in [6.45, 7) is 4.14. The summed E-state index contributed by atoms with van der Waals surface area (Å²) in [5.74, 6) is -1.15. The van der Waals surface area contributed by atoms with Crippen molar-refractivity contribution in [2.45, 2.75) is 44.0 Å². The first-order valence-electron chi connectivity index (χ1n) is 9.96. The second-order valence-electron chi connectivity index (χ2n) is 7.63. The SMILES string of the molecule is CC(C)CC(=O)NCCCC(NS(=O)(=O)c1ccc(-c2ccc(Cl)cc2)cc1)C(=O)O. The molecule has 0 saturated carbocycles. The molecule has 0 aliphatic carbocycles. The first-order chi connectivity index (χ1) is 14.6. The molecule has 0 aromatic heterocycles. The van der Waals surface area contributed by atoms with Crippen molar-refractivity contribution in [2.75, 3.05) is 6.54 Å². The molecular weight excluding hydrogens is 440 g/mol. The van der Waals surface area contributed by atoms with Crippen LogP contribution in [-0.2, 0) is 19.6 Å². The Hall–Kier alpha value is -2.42. The Morgan fingerprint density at radius 2 is 1.55 bits per heavy atom. The fraction of sp³-hybridized carbons (Fsp3) is 0.364. The molecule has 0 heterocycles. The summed E-state index contributed by atoms with van der Waals surface area (Å²) in [6.07, 6.45) is 0.777. The van der Waals surface area contributed by atoms with Crippen LogP contribution in [0.2, 0.25) is 5.02 Å². The van der Waals surface area contributed by atoms with Gasteiger partial charge in [-0.15, -0.1) is 0 Å². The molecule has 2 aromatic rings. The normalized spacial score (nSPS) is 12.5. The molecule has 1 atom stereocenters. The molecule has 0 aliphatic rings. The van der Waals surface area contributed by atoms with E-state index in [1.165, 1.54) is 12.1 Å². The third-order valence-electron chi connectivity index (χ3n) is 4.52. The number of carbonyl (C=O) groups is 2. The van der Waals surface area contributed by atoms with E-state index in [9.17, 15) is 23.1 Å². The molecule has 1 unspecified atom stereocenters. The fourth-order valence-electron chi connectivity index (χ4n) is 2.93. The molecule has 1 amide bonds. The second kappa shape index (κ2) is 11.3. The topological polar surface area (TPSA) is 113 Å². The lowest BCUT2D eigenvalue weighted by Crippen LogP contribution is -2.41. The molecular formula is C22H27ClN2O5S. The van der Waals surface area contributed by atoms with Crippen LogP contribution in [0.1, 0.15) is 33.1 Å². The summed E-state index contributed by atoms with van der Waals surface area (Å²) in [6, 6.07) is 12.0. The molecule has 0 saturated heterocycles. The van der Waals surface area contributed by atoms with Crippen LogP contribution in [-0.4, -0.2) is 38.0 Å². The molecule has 0 fully saturated rings. The van der Waals surface area contributed by atoms with E-state index in [4.69, 9.17) is 11.6 Å². The molecule has 7 nitrogen and oxygen atoms in total. The number of hydrogen-bond acceptors (Lipinski definition) is 4. The summed E-state index contributed by atoms with van der Waals surface area (Å²) < 4.78 is 27.5. The third-order valence-corrected chi connectivity index (χ3v) is 6.26. The lowest BCUT2D eigenvalue weighted by molar-refractivity contribution is -0.139. The van der Waals surface area contributed by atoms with E-state index >= 15 is 0 Å². The Morgan fingerprint density at radius 3 is 2.06 bits per heavy atom. The van der Waals surface area contributed by atoms with E-state index in [-0.39, 0.29) is 29.7 Å². The standard InChI is InChI=1S/C22H27ClN2O5S/c1-15(2)14-21(26)24-13-3-4-20(22(27)28)25-31(29,30)19-11-7-17(8-12-19)16-5-9-18(23)10-6-16/h5-12,15,20,25H,3-4,13-14H2,1-2H3,(H,24,26)(H,27,28). The van der Waals surface area contributed by atoms with Crippen molar-refractivity contribution in [3.8, 4) is 11.1 Å². The second-order valence-corrected chi connectivity index (χ2v) is 9.78. The molecule has 2 rings (SSSR count). The number of benzene rings is 2. The van der Waals surface area contributed by atoms with Crippen molar-refractivity contribution in [1.29, 1.82) is 0 Å². The summed E-state index contributed by atoms with van der Waals surface area (Å²) in [4.78, 5) is 23.1. The van der Waals surface area contributed by atoms with Gasteiger partial charge in [0.15, 0.2) is 0 Å². The van der Waals surface area contributed by atoms with Crippen LogP contribution in [0.15, 0.2) is 53.4 Å². The van der Waals surface area contributed by atoms with Gasteiger partial charge in [0.1, 0.15) is 6.04 Å². The average molecular weight is 467 g/mol. The van der Waals surface area contributed by atoms with Gasteiger partial charge in [0.25, 0.3) is 0 Å². The zero-order chi connectivity index (χ0) is 23.0. The van der Waals surface area contributed by atoms with E-state index in [1.54, 1.807) is 24.3 Å².